The Morgan fingerprint density at radius 1 is 1.09 bits per heavy atom. The molecule has 2 atom stereocenters. The zero-order valence-corrected chi connectivity index (χ0v) is 17.9. The van der Waals surface area contributed by atoms with Gasteiger partial charge < -0.3 is 14.5 Å². The number of hydrogen-bond acceptors (Lipinski definition) is 6. The Hall–Kier alpha value is -3.88. The van der Waals surface area contributed by atoms with Gasteiger partial charge in [0, 0.05) is 24.5 Å². The number of fused-ring (bicyclic) bond motifs is 3. The molecule has 3 aliphatic heterocycles. The number of para-hydroxylation sites is 2. The number of imide groups is 1. The standard InChI is InChI=1S/C23H22FN5O3/c1-14-12-27-19-20(25-22(27)29(14)17-10-6-7-11-18(17)32-3)26(2)23(31)28(21(19)30)13-15-8-4-5-9-16(15)24/h4-12,19-20H,13H2,1-3H3. The van der Waals surface area contributed by atoms with Crippen molar-refractivity contribution in [1.29, 1.82) is 0 Å². The molecule has 0 saturated carbocycles. The van der Waals surface area contributed by atoms with Crippen LogP contribution < -0.4 is 9.64 Å². The van der Waals surface area contributed by atoms with Crippen LogP contribution >= 0.6 is 0 Å². The minimum absolute atomic E-state index is 0.139. The summed E-state index contributed by atoms with van der Waals surface area (Å²) in [5.41, 5.74) is 1.93. The molecule has 9 heteroatoms. The van der Waals surface area contributed by atoms with Gasteiger partial charge in [-0.2, -0.15) is 0 Å². The first-order valence-corrected chi connectivity index (χ1v) is 10.2. The van der Waals surface area contributed by atoms with Crippen LogP contribution in [0.3, 0.4) is 0 Å². The summed E-state index contributed by atoms with van der Waals surface area (Å²) >= 11 is 0. The van der Waals surface area contributed by atoms with Gasteiger partial charge in [0.15, 0.2) is 12.2 Å². The molecule has 0 aliphatic carbocycles. The first-order chi connectivity index (χ1) is 15.4. The zero-order chi connectivity index (χ0) is 22.6. The molecule has 8 nitrogen and oxygen atoms in total. The first-order valence-electron chi connectivity index (χ1n) is 10.2. The Morgan fingerprint density at radius 3 is 2.56 bits per heavy atom. The quantitative estimate of drug-likeness (QED) is 0.739. The molecule has 5 rings (SSSR count). The minimum atomic E-state index is -0.728. The third kappa shape index (κ3) is 2.84. The summed E-state index contributed by atoms with van der Waals surface area (Å²) in [4.78, 5) is 37.4. The summed E-state index contributed by atoms with van der Waals surface area (Å²) in [6.07, 6.45) is 1.17. The summed E-state index contributed by atoms with van der Waals surface area (Å²) in [6.45, 7) is 1.78. The van der Waals surface area contributed by atoms with E-state index in [1.54, 1.807) is 37.3 Å². The second-order valence-corrected chi connectivity index (χ2v) is 7.88. The summed E-state index contributed by atoms with van der Waals surface area (Å²) in [5.74, 6) is 0.339. The highest BCUT2D eigenvalue weighted by atomic mass is 19.1. The zero-order valence-electron chi connectivity index (χ0n) is 17.9. The number of aliphatic imine (C=N–C) groups is 1. The number of carbonyl (C=O) groups excluding carboxylic acids is 2. The molecule has 1 fully saturated rings. The fourth-order valence-electron chi connectivity index (χ4n) is 4.41. The van der Waals surface area contributed by atoms with Gasteiger partial charge in [-0.3, -0.25) is 14.6 Å². The predicted molar refractivity (Wildman–Crippen MR) is 116 cm³/mol. The van der Waals surface area contributed by atoms with Crippen molar-refractivity contribution in [1.82, 2.24) is 14.7 Å². The topological polar surface area (TPSA) is 68.7 Å². The number of allylic oxidation sites excluding steroid dienone is 1. The number of ether oxygens (including phenoxy) is 1. The molecule has 0 aromatic heterocycles. The Kier molecular flexibility index (Phi) is 4.61. The van der Waals surface area contributed by atoms with Crippen molar-refractivity contribution in [2.24, 2.45) is 4.99 Å². The van der Waals surface area contributed by atoms with Gasteiger partial charge in [0.1, 0.15) is 11.6 Å². The van der Waals surface area contributed by atoms with Crippen LogP contribution in [0.5, 0.6) is 5.75 Å². The van der Waals surface area contributed by atoms with Crippen LogP contribution in [0.2, 0.25) is 0 Å². The van der Waals surface area contributed by atoms with Gasteiger partial charge in [-0.05, 0) is 25.1 Å². The van der Waals surface area contributed by atoms with E-state index in [-0.39, 0.29) is 12.1 Å². The highest BCUT2D eigenvalue weighted by Crippen LogP contribution is 2.39. The van der Waals surface area contributed by atoms with Crippen molar-refractivity contribution in [2.75, 3.05) is 19.1 Å². The molecular weight excluding hydrogens is 413 g/mol. The number of benzene rings is 2. The molecule has 3 heterocycles. The molecule has 0 N–H and O–H groups in total. The van der Waals surface area contributed by atoms with Gasteiger partial charge in [-0.15, -0.1) is 0 Å². The lowest BCUT2D eigenvalue weighted by atomic mass is 10.1. The molecule has 0 spiro atoms. The summed E-state index contributed by atoms with van der Waals surface area (Å²) < 4.78 is 19.7. The van der Waals surface area contributed by atoms with Crippen LogP contribution in [0.4, 0.5) is 14.9 Å². The molecule has 3 aliphatic rings. The number of carbonyl (C=O) groups is 2. The normalized spacial score (nSPS) is 22.1. The van der Waals surface area contributed by atoms with Gasteiger partial charge in [-0.1, -0.05) is 30.3 Å². The lowest BCUT2D eigenvalue weighted by Gasteiger charge is -2.40. The van der Waals surface area contributed by atoms with E-state index in [4.69, 9.17) is 9.73 Å². The fourth-order valence-corrected chi connectivity index (χ4v) is 4.41. The second-order valence-electron chi connectivity index (χ2n) is 7.88. The van der Waals surface area contributed by atoms with Crippen LogP contribution in [0.25, 0.3) is 0 Å². The van der Waals surface area contributed by atoms with Crippen molar-refractivity contribution < 1.29 is 18.7 Å². The van der Waals surface area contributed by atoms with E-state index in [1.807, 2.05) is 42.3 Å². The molecule has 2 unspecified atom stereocenters. The van der Waals surface area contributed by atoms with Gasteiger partial charge >= 0.3 is 6.03 Å². The molecule has 164 valence electrons. The minimum Gasteiger partial charge on any atom is -0.495 e. The Balaban J connectivity index is 1.50. The van der Waals surface area contributed by atoms with Gasteiger partial charge in [0.25, 0.3) is 5.91 Å². The smallest absolute Gasteiger partial charge is 0.328 e. The molecule has 0 radical (unpaired) electrons. The van der Waals surface area contributed by atoms with Crippen molar-refractivity contribution >= 4 is 23.6 Å². The van der Waals surface area contributed by atoms with Gasteiger partial charge in [0.05, 0.1) is 19.3 Å². The highest BCUT2D eigenvalue weighted by molar-refractivity contribution is 6.10. The molecule has 2 aromatic rings. The fraction of sp³-hybridized carbons (Fsp3) is 0.261. The van der Waals surface area contributed by atoms with Crippen LogP contribution in [-0.4, -0.2) is 59.0 Å². The van der Waals surface area contributed by atoms with E-state index in [2.05, 4.69) is 0 Å². The molecule has 0 bridgehead atoms. The Bertz CT molecular complexity index is 1180. The average molecular weight is 435 g/mol. The van der Waals surface area contributed by atoms with E-state index in [9.17, 15) is 14.0 Å². The third-order valence-corrected chi connectivity index (χ3v) is 6.00. The van der Waals surface area contributed by atoms with Crippen LogP contribution in [0.1, 0.15) is 12.5 Å². The summed E-state index contributed by atoms with van der Waals surface area (Å²) in [7, 11) is 3.20. The number of hydrogen-bond donors (Lipinski definition) is 0. The van der Waals surface area contributed by atoms with Crippen molar-refractivity contribution in [3.8, 4) is 5.75 Å². The summed E-state index contributed by atoms with van der Waals surface area (Å²) in [6, 6.07) is 12.4. The molecule has 32 heavy (non-hydrogen) atoms. The number of methoxy groups -OCH3 is 1. The van der Waals surface area contributed by atoms with E-state index in [1.165, 1.54) is 11.0 Å². The third-order valence-electron chi connectivity index (χ3n) is 6.00. The number of urea groups is 1. The summed E-state index contributed by atoms with van der Waals surface area (Å²) in [5, 5.41) is 0. The monoisotopic (exact) mass is 435 g/mol. The molecule has 1 saturated heterocycles. The molecular formula is C23H22FN5O3. The lowest BCUT2D eigenvalue weighted by Crippen LogP contribution is -2.63. The van der Waals surface area contributed by atoms with Crippen LogP contribution in [0, 0.1) is 5.82 Å². The molecule has 2 aromatic carbocycles. The Labute approximate surface area is 184 Å². The lowest BCUT2D eigenvalue weighted by molar-refractivity contribution is -0.137. The number of amides is 3. The van der Waals surface area contributed by atoms with Crippen molar-refractivity contribution in [3.05, 3.63) is 71.8 Å². The maximum Gasteiger partial charge on any atom is 0.328 e. The van der Waals surface area contributed by atoms with Crippen LogP contribution in [-0.2, 0) is 11.3 Å². The SMILES string of the molecule is COc1ccccc1N1C(C)=CN2C1=NC1C2C(=O)N(Cc2ccccc2F)C(=O)N1C. The van der Waals surface area contributed by atoms with Gasteiger partial charge in [0.2, 0.25) is 5.96 Å². The number of nitrogens with zero attached hydrogens (tertiary/aromatic N) is 5. The maximum atomic E-state index is 14.2. The first kappa shape index (κ1) is 20.0. The van der Waals surface area contributed by atoms with Crippen molar-refractivity contribution in [2.45, 2.75) is 25.7 Å². The predicted octanol–water partition coefficient (Wildman–Crippen LogP) is 2.98. The number of guanidine groups is 1. The second kappa shape index (κ2) is 7.37. The maximum absolute atomic E-state index is 14.2. The van der Waals surface area contributed by atoms with E-state index >= 15 is 0 Å². The number of halogens is 1. The average Bonchev–Trinajstić information content (AvgIpc) is 3.31. The number of rotatable bonds is 4. The molecule has 3 amide bonds. The van der Waals surface area contributed by atoms with E-state index < -0.39 is 30.0 Å². The van der Waals surface area contributed by atoms with Crippen molar-refractivity contribution in [3.63, 3.8) is 0 Å². The largest absolute Gasteiger partial charge is 0.495 e. The van der Waals surface area contributed by atoms with Crippen LogP contribution in [0.15, 0.2) is 65.4 Å². The number of likely N-dealkylation sites (N-methyl/N-ethyl adjacent to an activating group) is 1. The van der Waals surface area contributed by atoms with Gasteiger partial charge in [-0.25, -0.2) is 14.2 Å². The van der Waals surface area contributed by atoms with E-state index in [0.29, 0.717) is 11.7 Å². The number of anilines is 1. The van der Waals surface area contributed by atoms with E-state index in [0.717, 1.165) is 16.3 Å². The Morgan fingerprint density at radius 2 is 1.81 bits per heavy atom. The highest BCUT2D eigenvalue weighted by Gasteiger charge is 2.54.